The molecule has 0 aromatic heterocycles. The van der Waals surface area contributed by atoms with Crippen LogP contribution in [0.4, 0.5) is 0 Å². The highest BCUT2D eigenvalue weighted by molar-refractivity contribution is 4.96. The SMILES string of the molecule is OC[C@@H]1OC(O)[C@@H](O)[C@H](O)[C@H]1O[C@@H]1O[C@@H](CO)[C@H](O[C@H]2O[C@H](CO)[C@@H](O)[C@H](O)[C@H]2O)[C@@H](O)[C@@H]1O. The summed E-state index contributed by atoms with van der Waals surface area (Å²) in [5.74, 6) is 0. The summed E-state index contributed by atoms with van der Waals surface area (Å²) >= 11 is 0. The van der Waals surface area contributed by atoms with E-state index in [-0.39, 0.29) is 0 Å². The monoisotopic (exact) mass is 504 g/mol. The van der Waals surface area contributed by atoms with Gasteiger partial charge in [-0.2, -0.15) is 0 Å². The highest BCUT2D eigenvalue weighted by Gasteiger charge is 2.53. The number of hydrogen-bond acceptors (Lipinski definition) is 16. The smallest absolute Gasteiger partial charge is 0.187 e. The zero-order valence-corrected chi connectivity index (χ0v) is 17.7. The molecule has 3 heterocycles. The van der Waals surface area contributed by atoms with E-state index in [1.165, 1.54) is 0 Å². The van der Waals surface area contributed by atoms with Gasteiger partial charge in [0.1, 0.15) is 73.2 Å². The Balaban J connectivity index is 1.72. The van der Waals surface area contributed by atoms with Crippen LogP contribution in [0.5, 0.6) is 0 Å². The maximum atomic E-state index is 10.6. The molecule has 0 aromatic carbocycles. The van der Waals surface area contributed by atoms with Gasteiger partial charge in [0.2, 0.25) is 0 Å². The van der Waals surface area contributed by atoms with Crippen molar-refractivity contribution in [2.75, 3.05) is 19.8 Å². The second-order valence-electron chi connectivity index (χ2n) is 8.33. The lowest BCUT2D eigenvalue weighted by Crippen LogP contribution is -2.66. The molecule has 3 rings (SSSR count). The summed E-state index contributed by atoms with van der Waals surface area (Å²) in [6.45, 7) is -2.32. The fourth-order valence-corrected chi connectivity index (χ4v) is 4.06. The molecule has 0 saturated carbocycles. The van der Waals surface area contributed by atoms with Crippen LogP contribution in [0.3, 0.4) is 0 Å². The molecular formula is C18H32O16. The first kappa shape index (κ1) is 27.9. The Morgan fingerprint density at radius 1 is 0.441 bits per heavy atom. The van der Waals surface area contributed by atoms with E-state index in [9.17, 15) is 56.2 Å². The molecule has 0 radical (unpaired) electrons. The summed E-state index contributed by atoms with van der Waals surface area (Å²) in [4.78, 5) is 0. The number of aliphatic hydroxyl groups is 11. The summed E-state index contributed by atoms with van der Waals surface area (Å²) in [6.07, 6.45) is -25.1. The summed E-state index contributed by atoms with van der Waals surface area (Å²) in [6, 6.07) is 0. The second kappa shape index (κ2) is 11.6. The maximum Gasteiger partial charge on any atom is 0.187 e. The minimum atomic E-state index is -1.91. The van der Waals surface area contributed by atoms with Gasteiger partial charge in [0.25, 0.3) is 0 Å². The molecule has 3 aliphatic rings. The molecule has 0 aliphatic carbocycles. The molecule has 200 valence electrons. The summed E-state index contributed by atoms with van der Waals surface area (Å²) < 4.78 is 26.4. The van der Waals surface area contributed by atoms with Gasteiger partial charge in [-0.15, -0.1) is 0 Å². The van der Waals surface area contributed by atoms with Crippen molar-refractivity contribution in [1.82, 2.24) is 0 Å². The van der Waals surface area contributed by atoms with Crippen LogP contribution in [0.25, 0.3) is 0 Å². The topological polar surface area (TPSA) is 269 Å². The van der Waals surface area contributed by atoms with Gasteiger partial charge in [0.05, 0.1) is 19.8 Å². The number of ether oxygens (including phenoxy) is 5. The van der Waals surface area contributed by atoms with E-state index in [2.05, 4.69) is 0 Å². The van der Waals surface area contributed by atoms with Crippen LogP contribution < -0.4 is 0 Å². The van der Waals surface area contributed by atoms with Gasteiger partial charge in [0.15, 0.2) is 18.9 Å². The van der Waals surface area contributed by atoms with Crippen LogP contribution in [-0.4, -0.2) is 168 Å². The largest absolute Gasteiger partial charge is 0.394 e. The first-order chi connectivity index (χ1) is 16.0. The molecule has 16 nitrogen and oxygen atoms in total. The number of aliphatic hydroxyl groups excluding tert-OH is 11. The predicted molar refractivity (Wildman–Crippen MR) is 101 cm³/mol. The Bertz CT molecular complexity index is 635. The molecule has 3 saturated heterocycles. The fraction of sp³-hybridized carbons (Fsp3) is 1.00. The second-order valence-corrected chi connectivity index (χ2v) is 8.33. The van der Waals surface area contributed by atoms with Crippen molar-refractivity contribution >= 4 is 0 Å². The van der Waals surface area contributed by atoms with Crippen molar-refractivity contribution in [3.8, 4) is 0 Å². The molecule has 16 heteroatoms. The van der Waals surface area contributed by atoms with Crippen molar-refractivity contribution in [2.24, 2.45) is 0 Å². The van der Waals surface area contributed by atoms with Crippen molar-refractivity contribution in [3.05, 3.63) is 0 Å². The first-order valence-corrected chi connectivity index (χ1v) is 10.6. The zero-order valence-electron chi connectivity index (χ0n) is 17.7. The Morgan fingerprint density at radius 3 is 1.35 bits per heavy atom. The molecule has 0 aromatic rings. The lowest BCUT2D eigenvalue weighted by atomic mass is 9.96. The highest BCUT2D eigenvalue weighted by atomic mass is 16.8. The third-order valence-electron chi connectivity index (χ3n) is 6.09. The van der Waals surface area contributed by atoms with Gasteiger partial charge < -0.3 is 79.9 Å². The average Bonchev–Trinajstić information content (AvgIpc) is 2.83. The molecule has 1 unspecified atom stereocenters. The van der Waals surface area contributed by atoms with Gasteiger partial charge >= 0.3 is 0 Å². The maximum absolute atomic E-state index is 10.6. The normalized spacial score (nSPS) is 52.5. The van der Waals surface area contributed by atoms with E-state index in [1.807, 2.05) is 0 Å². The van der Waals surface area contributed by atoms with Crippen LogP contribution in [0.15, 0.2) is 0 Å². The summed E-state index contributed by atoms with van der Waals surface area (Å²) in [5, 5.41) is 109. The van der Waals surface area contributed by atoms with Gasteiger partial charge in [-0.25, -0.2) is 0 Å². The lowest BCUT2D eigenvalue weighted by molar-refractivity contribution is -0.377. The van der Waals surface area contributed by atoms with E-state index in [0.717, 1.165) is 0 Å². The standard InChI is InChI=1S/C18H32O16/c19-1-4-7(22)8(23)12(27)17(31-4)34-15-6(3-21)32-18(13(28)10(15)25)33-14-5(2-20)30-16(29)11(26)9(14)24/h4-29H,1-3H2/t4-,5+,6+,7-,8+,9+,10+,11+,12-,13+,14+,15+,16?,17-,18+/m1/s1. The minimum Gasteiger partial charge on any atom is -0.394 e. The van der Waals surface area contributed by atoms with E-state index in [4.69, 9.17) is 23.7 Å². The van der Waals surface area contributed by atoms with E-state index in [1.54, 1.807) is 0 Å². The van der Waals surface area contributed by atoms with Crippen molar-refractivity contribution in [2.45, 2.75) is 92.1 Å². The molecule has 15 atom stereocenters. The molecular weight excluding hydrogens is 472 g/mol. The molecule has 0 amide bonds. The fourth-order valence-electron chi connectivity index (χ4n) is 4.06. The Labute approximate surface area is 192 Å². The van der Waals surface area contributed by atoms with Gasteiger partial charge in [-0.05, 0) is 0 Å². The van der Waals surface area contributed by atoms with E-state index >= 15 is 0 Å². The van der Waals surface area contributed by atoms with Crippen molar-refractivity contribution in [1.29, 1.82) is 0 Å². The Morgan fingerprint density at radius 2 is 0.853 bits per heavy atom. The van der Waals surface area contributed by atoms with Crippen LogP contribution in [0.2, 0.25) is 0 Å². The Kier molecular flexibility index (Phi) is 9.54. The van der Waals surface area contributed by atoms with Gasteiger partial charge in [0, 0.05) is 0 Å². The zero-order chi connectivity index (χ0) is 25.3. The first-order valence-electron chi connectivity index (χ1n) is 10.6. The van der Waals surface area contributed by atoms with E-state index in [0.29, 0.717) is 0 Å². The molecule has 3 fully saturated rings. The third-order valence-corrected chi connectivity index (χ3v) is 6.09. The van der Waals surface area contributed by atoms with Crippen molar-refractivity contribution < 1.29 is 79.9 Å². The Hall–Kier alpha value is -0.640. The van der Waals surface area contributed by atoms with Crippen LogP contribution in [-0.2, 0) is 23.7 Å². The molecule has 3 aliphatic heterocycles. The lowest BCUT2D eigenvalue weighted by Gasteiger charge is -2.47. The predicted octanol–water partition coefficient (Wildman–Crippen LogP) is -7.57. The third kappa shape index (κ3) is 5.37. The van der Waals surface area contributed by atoms with Crippen LogP contribution in [0, 0.1) is 0 Å². The average molecular weight is 504 g/mol. The summed E-state index contributed by atoms with van der Waals surface area (Å²) in [5.41, 5.74) is 0. The molecule has 0 spiro atoms. The minimum absolute atomic E-state index is 0.741. The number of rotatable bonds is 7. The number of hydrogen-bond donors (Lipinski definition) is 11. The molecule has 34 heavy (non-hydrogen) atoms. The molecule has 0 bridgehead atoms. The van der Waals surface area contributed by atoms with E-state index < -0.39 is 112 Å². The highest BCUT2D eigenvalue weighted by Crippen LogP contribution is 2.32. The molecule has 11 N–H and O–H groups in total. The summed E-state index contributed by atoms with van der Waals surface area (Å²) in [7, 11) is 0. The van der Waals surface area contributed by atoms with Crippen molar-refractivity contribution in [3.63, 3.8) is 0 Å². The van der Waals surface area contributed by atoms with Gasteiger partial charge in [-0.3, -0.25) is 0 Å². The van der Waals surface area contributed by atoms with Gasteiger partial charge in [-0.1, -0.05) is 0 Å². The quantitative estimate of drug-likeness (QED) is 0.154. The van der Waals surface area contributed by atoms with Crippen LogP contribution >= 0.6 is 0 Å². The van der Waals surface area contributed by atoms with Crippen LogP contribution in [0.1, 0.15) is 0 Å².